The standard InChI is InChI=1S/C16H16N2O4/c1-11-4-2-3-5-15(11)22-10-16(21)18-17-9-12-6-7-13(19)8-14(12)20/h2-9,19-20H,10H2,1H3,(H,18,21)/b17-9-. The van der Waals surface area contributed by atoms with Crippen LogP contribution in [-0.2, 0) is 4.79 Å². The SMILES string of the molecule is Cc1ccccc1OCC(=O)N/N=C\c1ccc(O)cc1O. The lowest BCUT2D eigenvalue weighted by atomic mass is 10.2. The van der Waals surface area contributed by atoms with Gasteiger partial charge in [0.05, 0.1) is 6.21 Å². The Bertz CT molecular complexity index is 698. The van der Waals surface area contributed by atoms with Crippen LogP contribution in [0.5, 0.6) is 17.2 Å². The number of nitrogens with zero attached hydrogens (tertiary/aromatic N) is 1. The third-order valence-corrected chi connectivity index (χ3v) is 2.86. The number of carbonyl (C=O) groups is 1. The summed E-state index contributed by atoms with van der Waals surface area (Å²) in [5, 5.41) is 22.4. The summed E-state index contributed by atoms with van der Waals surface area (Å²) >= 11 is 0. The number of hydrazone groups is 1. The molecule has 0 atom stereocenters. The van der Waals surface area contributed by atoms with Crippen LogP contribution < -0.4 is 10.2 Å². The van der Waals surface area contributed by atoms with Crippen molar-refractivity contribution in [1.82, 2.24) is 5.43 Å². The quantitative estimate of drug-likeness (QED) is 0.581. The minimum atomic E-state index is -0.419. The number of phenolic OH excluding ortho intramolecular Hbond substituents is 2. The summed E-state index contributed by atoms with van der Waals surface area (Å²) in [5.74, 6) is 0.0371. The van der Waals surface area contributed by atoms with Crippen molar-refractivity contribution < 1.29 is 19.7 Å². The van der Waals surface area contributed by atoms with Crippen LogP contribution in [0.4, 0.5) is 0 Å². The van der Waals surface area contributed by atoms with Crippen molar-refractivity contribution in [2.75, 3.05) is 6.61 Å². The second-order valence-corrected chi connectivity index (χ2v) is 4.59. The minimum absolute atomic E-state index is 0.0506. The topological polar surface area (TPSA) is 91.2 Å². The second-order valence-electron chi connectivity index (χ2n) is 4.59. The third kappa shape index (κ3) is 4.24. The normalized spacial score (nSPS) is 10.6. The number of phenols is 2. The van der Waals surface area contributed by atoms with Gasteiger partial charge in [0, 0.05) is 11.6 Å². The Balaban J connectivity index is 1.85. The fraction of sp³-hybridized carbons (Fsp3) is 0.125. The zero-order chi connectivity index (χ0) is 15.9. The molecule has 2 rings (SSSR count). The molecule has 2 aromatic rings. The molecule has 0 heterocycles. The first-order valence-electron chi connectivity index (χ1n) is 6.58. The lowest BCUT2D eigenvalue weighted by Crippen LogP contribution is -2.24. The zero-order valence-electron chi connectivity index (χ0n) is 12.0. The molecular weight excluding hydrogens is 284 g/mol. The molecule has 0 unspecified atom stereocenters. The second kappa shape index (κ2) is 7.12. The van der Waals surface area contributed by atoms with Crippen LogP contribution >= 0.6 is 0 Å². The van der Waals surface area contributed by atoms with Gasteiger partial charge in [-0.2, -0.15) is 5.10 Å². The van der Waals surface area contributed by atoms with Gasteiger partial charge in [0.1, 0.15) is 17.2 Å². The molecule has 6 heteroatoms. The lowest BCUT2D eigenvalue weighted by Gasteiger charge is -2.07. The number of amides is 1. The van der Waals surface area contributed by atoms with E-state index >= 15 is 0 Å². The van der Waals surface area contributed by atoms with Crippen LogP contribution in [0.2, 0.25) is 0 Å². The van der Waals surface area contributed by atoms with Crippen LogP contribution in [0.3, 0.4) is 0 Å². The number of ether oxygens (including phenoxy) is 1. The minimum Gasteiger partial charge on any atom is -0.508 e. The van der Waals surface area contributed by atoms with Gasteiger partial charge < -0.3 is 14.9 Å². The highest BCUT2D eigenvalue weighted by Gasteiger charge is 2.04. The molecule has 114 valence electrons. The number of benzene rings is 2. The summed E-state index contributed by atoms with van der Waals surface area (Å²) in [7, 11) is 0. The number of rotatable bonds is 5. The molecule has 1 amide bonds. The molecule has 0 aromatic heterocycles. The van der Waals surface area contributed by atoms with Gasteiger partial charge in [-0.1, -0.05) is 18.2 Å². The molecule has 0 aliphatic carbocycles. The van der Waals surface area contributed by atoms with Crippen molar-refractivity contribution >= 4 is 12.1 Å². The van der Waals surface area contributed by atoms with Crippen LogP contribution in [0.25, 0.3) is 0 Å². The summed E-state index contributed by atoms with van der Waals surface area (Å²) in [5.41, 5.74) is 3.61. The molecule has 6 nitrogen and oxygen atoms in total. The Morgan fingerprint density at radius 1 is 1.27 bits per heavy atom. The molecular formula is C16H16N2O4. The number of aromatic hydroxyl groups is 2. The number of hydrogen-bond acceptors (Lipinski definition) is 5. The number of nitrogens with one attached hydrogen (secondary N) is 1. The smallest absolute Gasteiger partial charge is 0.277 e. The van der Waals surface area contributed by atoms with Crippen molar-refractivity contribution in [2.45, 2.75) is 6.92 Å². The van der Waals surface area contributed by atoms with E-state index < -0.39 is 5.91 Å². The highest BCUT2D eigenvalue weighted by Crippen LogP contribution is 2.20. The van der Waals surface area contributed by atoms with Crippen LogP contribution in [0.15, 0.2) is 47.6 Å². The fourth-order valence-electron chi connectivity index (χ4n) is 1.71. The van der Waals surface area contributed by atoms with Gasteiger partial charge in [0.2, 0.25) is 0 Å². The molecule has 3 N–H and O–H groups in total. The molecule has 0 saturated carbocycles. The highest BCUT2D eigenvalue weighted by atomic mass is 16.5. The van der Waals surface area contributed by atoms with E-state index in [0.29, 0.717) is 11.3 Å². The number of hydrogen-bond donors (Lipinski definition) is 3. The Hall–Kier alpha value is -3.02. The maximum Gasteiger partial charge on any atom is 0.277 e. The fourth-order valence-corrected chi connectivity index (χ4v) is 1.71. The predicted octanol–water partition coefficient (Wildman–Crippen LogP) is 1.94. The monoisotopic (exact) mass is 300 g/mol. The van der Waals surface area contributed by atoms with Crippen molar-refractivity contribution in [3.05, 3.63) is 53.6 Å². The molecule has 0 radical (unpaired) electrons. The maximum absolute atomic E-state index is 11.6. The first kappa shape index (κ1) is 15.4. The Kier molecular flexibility index (Phi) is 4.98. The summed E-state index contributed by atoms with van der Waals surface area (Å²) < 4.78 is 5.37. The third-order valence-electron chi connectivity index (χ3n) is 2.86. The summed E-state index contributed by atoms with van der Waals surface area (Å²) in [6, 6.07) is 11.4. The molecule has 0 fully saturated rings. The number of aryl methyl sites for hydroxylation is 1. The van der Waals surface area contributed by atoms with E-state index in [9.17, 15) is 9.90 Å². The highest BCUT2D eigenvalue weighted by molar-refractivity contribution is 5.85. The average molecular weight is 300 g/mol. The van der Waals surface area contributed by atoms with Crippen molar-refractivity contribution in [2.24, 2.45) is 5.10 Å². The van der Waals surface area contributed by atoms with E-state index in [1.807, 2.05) is 25.1 Å². The molecule has 0 bridgehead atoms. The van der Waals surface area contributed by atoms with Crippen LogP contribution in [0, 0.1) is 6.92 Å². The Morgan fingerprint density at radius 2 is 2.05 bits per heavy atom. The number of carbonyl (C=O) groups excluding carboxylic acids is 1. The summed E-state index contributed by atoms with van der Waals surface area (Å²) in [6.45, 7) is 1.72. The van der Waals surface area contributed by atoms with Crippen molar-refractivity contribution in [1.29, 1.82) is 0 Å². The predicted molar refractivity (Wildman–Crippen MR) is 82.2 cm³/mol. The molecule has 0 aliphatic heterocycles. The van der Waals surface area contributed by atoms with Crippen LogP contribution in [-0.4, -0.2) is 28.9 Å². The van der Waals surface area contributed by atoms with E-state index in [1.54, 1.807) is 6.07 Å². The zero-order valence-corrected chi connectivity index (χ0v) is 12.0. The first-order valence-corrected chi connectivity index (χ1v) is 6.58. The molecule has 0 saturated heterocycles. The van der Waals surface area contributed by atoms with Gasteiger partial charge in [0.15, 0.2) is 6.61 Å². The molecule has 0 spiro atoms. The number of para-hydroxylation sites is 1. The largest absolute Gasteiger partial charge is 0.508 e. The van der Waals surface area contributed by atoms with E-state index in [2.05, 4.69) is 10.5 Å². The van der Waals surface area contributed by atoms with Gasteiger partial charge in [-0.3, -0.25) is 4.79 Å². The summed E-state index contributed by atoms with van der Waals surface area (Å²) in [6.07, 6.45) is 1.28. The van der Waals surface area contributed by atoms with Crippen molar-refractivity contribution in [3.63, 3.8) is 0 Å². The van der Waals surface area contributed by atoms with Gasteiger partial charge in [-0.25, -0.2) is 5.43 Å². The van der Waals surface area contributed by atoms with Gasteiger partial charge in [-0.15, -0.1) is 0 Å². The Labute approximate surface area is 127 Å². The maximum atomic E-state index is 11.6. The molecule has 22 heavy (non-hydrogen) atoms. The van der Waals surface area contributed by atoms with Crippen LogP contribution in [0.1, 0.15) is 11.1 Å². The molecule has 0 aliphatic rings. The van der Waals surface area contributed by atoms with Gasteiger partial charge >= 0.3 is 0 Å². The van der Waals surface area contributed by atoms with E-state index in [1.165, 1.54) is 24.4 Å². The van der Waals surface area contributed by atoms with E-state index in [4.69, 9.17) is 9.84 Å². The first-order chi connectivity index (χ1) is 10.6. The van der Waals surface area contributed by atoms with Crippen molar-refractivity contribution in [3.8, 4) is 17.2 Å². The van der Waals surface area contributed by atoms with Gasteiger partial charge in [-0.05, 0) is 30.7 Å². The molecule has 2 aromatic carbocycles. The lowest BCUT2D eigenvalue weighted by molar-refractivity contribution is -0.123. The summed E-state index contributed by atoms with van der Waals surface area (Å²) in [4.78, 5) is 11.6. The van der Waals surface area contributed by atoms with E-state index in [0.717, 1.165) is 5.56 Å². The van der Waals surface area contributed by atoms with Gasteiger partial charge in [0.25, 0.3) is 5.91 Å². The Morgan fingerprint density at radius 3 is 2.77 bits per heavy atom. The average Bonchev–Trinajstić information content (AvgIpc) is 2.49. The van der Waals surface area contributed by atoms with E-state index in [-0.39, 0.29) is 18.1 Å².